The van der Waals surface area contributed by atoms with Crippen LogP contribution in [0, 0.1) is 0 Å². The lowest BCUT2D eigenvalue weighted by Gasteiger charge is -2.44. The van der Waals surface area contributed by atoms with Gasteiger partial charge in [-0.15, -0.1) is 0 Å². The highest BCUT2D eigenvalue weighted by Crippen LogP contribution is 2.46. The van der Waals surface area contributed by atoms with Gasteiger partial charge in [-0.2, -0.15) is 0 Å². The summed E-state index contributed by atoms with van der Waals surface area (Å²) in [6, 6.07) is 34.8. The SMILES string of the molecule is CCCCCCCOC(OCc1ccccc1)(OC(OCCCCCCC)(OCc1ccccc1)c1cccc(CCCCCC)c1CCCCCC)c1cccc(CCCCCC)c1CCCCCC. The zero-order valence-electron chi connectivity index (χ0n) is 46.3. The van der Waals surface area contributed by atoms with Gasteiger partial charge in [0.2, 0.25) is 0 Å². The van der Waals surface area contributed by atoms with Gasteiger partial charge in [0.1, 0.15) is 0 Å². The molecule has 0 saturated heterocycles. The van der Waals surface area contributed by atoms with Crippen LogP contribution in [0.1, 0.15) is 253 Å². The molecule has 0 bridgehead atoms. The third kappa shape index (κ3) is 22.0. The van der Waals surface area contributed by atoms with Crippen molar-refractivity contribution in [3.05, 3.63) is 142 Å². The molecule has 0 amide bonds. The van der Waals surface area contributed by atoms with Crippen molar-refractivity contribution in [2.24, 2.45) is 0 Å². The van der Waals surface area contributed by atoms with Gasteiger partial charge in [0.05, 0.1) is 26.4 Å². The van der Waals surface area contributed by atoms with Crippen molar-refractivity contribution in [2.45, 2.75) is 259 Å². The Balaban J connectivity index is 2.10. The van der Waals surface area contributed by atoms with Crippen LogP contribution in [0.2, 0.25) is 0 Å². The molecule has 2 atom stereocenters. The third-order valence-electron chi connectivity index (χ3n) is 14.3. The molecule has 0 aliphatic rings. The Morgan fingerprint density at radius 2 is 0.620 bits per heavy atom. The minimum atomic E-state index is -1.68. The summed E-state index contributed by atoms with van der Waals surface area (Å²) in [5, 5.41) is 0. The highest BCUT2D eigenvalue weighted by atomic mass is 17.0. The second-order valence-corrected chi connectivity index (χ2v) is 20.4. The summed E-state index contributed by atoms with van der Waals surface area (Å²) in [7, 11) is 0. The van der Waals surface area contributed by atoms with Crippen LogP contribution in [0.5, 0.6) is 0 Å². The molecule has 0 aromatic heterocycles. The molecule has 0 spiro atoms. The fourth-order valence-electron chi connectivity index (χ4n) is 9.97. The first kappa shape index (κ1) is 60.2. The first-order chi connectivity index (χ1) is 35.0. The number of unbranched alkanes of at least 4 members (excludes halogenated alkanes) is 20. The number of rotatable bonds is 44. The zero-order valence-corrected chi connectivity index (χ0v) is 46.3. The van der Waals surface area contributed by atoms with Crippen molar-refractivity contribution in [2.75, 3.05) is 13.2 Å². The molecule has 5 heteroatoms. The molecule has 4 rings (SSSR count). The lowest BCUT2D eigenvalue weighted by molar-refractivity contribution is -0.526. The van der Waals surface area contributed by atoms with Gasteiger partial charge >= 0.3 is 11.9 Å². The van der Waals surface area contributed by atoms with Gasteiger partial charge in [-0.3, -0.25) is 4.74 Å². The van der Waals surface area contributed by atoms with Gasteiger partial charge in [0, 0.05) is 11.1 Å². The molecule has 0 aliphatic carbocycles. The Kier molecular flexibility index (Phi) is 31.7. The molecule has 0 radical (unpaired) electrons. The average molecular weight is 976 g/mol. The number of benzene rings is 4. The molecule has 0 N–H and O–H groups in total. The van der Waals surface area contributed by atoms with Crippen LogP contribution in [-0.2, 0) is 74.5 Å². The van der Waals surface area contributed by atoms with E-state index in [1.54, 1.807) is 0 Å². The Labute approximate surface area is 435 Å². The molecule has 5 nitrogen and oxygen atoms in total. The number of aryl methyl sites for hydroxylation is 2. The Morgan fingerprint density at radius 1 is 0.296 bits per heavy atom. The smallest absolute Gasteiger partial charge is 0.317 e. The summed E-state index contributed by atoms with van der Waals surface area (Å²) >= 11 is 0. The summed E-state index contributed by atoms with van der Waals surface area (Å²) in [5.74, 6) is -3.37. The number of hydrogen-bond donors (Lipinski definition) is 0. The van der Waals surface area contributed by atoms with Gasteiger partial charge in [0.25, 0.3) is 0 Å². The molecule has 396 valence electrons. The number of ether oxygens (including phenoxy) is 5. The van der Waals surface area contributed by atoms with E-state index in [0.717, 1.165) is 99.3 Å². The lowest BCUT2D eigenvalue weighted by atomic mass is 9.90. The summed E-state index contributed by atoms with van der Waals surface area (Å²) < 4.78 is 38.3. The maximum atomic E-state index is 8.14. The van der Waals surface area contributed by atoms with E-state index in [2.05, 4.69) is 139 Å². The first-order valence-corrected chi connectivity index (χ1v) is 29.6. The Morgan fingerprint density at radius 3 is 0.972 bits per heavy atom. The molecule has 0 saturated carbocycles. The van der Waals surface area contributed by atoms with Crippen molar-refractivity contribution in [3.63, 3.8) is 0 Å². The fraction of sp³-hybridized carbons (Fsp3) is 0.636. The highest BCUT2D eigenvalue weighted by Gasteiger charge is 2.51. The van der Waals surface area contributed by atoms with E-state index < -0.39 is 11.9 Å². The fourth-order valence-corrected chi connectivity index (χ4v) is 9.97. The molecular weight excluding hydrogens is 873 g/mol. The summed E-state index contributed by atoms with van der Waals surface area (Å²) in [5.41, 5.74) is 9.35. The van der Waals surface area contributed by atoms with Gasteiger partial charge in [-0.25, -0.2) is 0 Å². The zero-order chi connectivity index (χ0) is 50.5. The summed E-state index contributed by atoms with van der Waals surface area (Å²) in [6.45, 7) is 15.3. The van der Waals surface area contributed by atoms with Crippen molar-refractivity contribution >= 4 is 0 Å². The van der Waals surface area contributed by atoms with Crippen LogP contribution in [0.4, 0.5) is 0 Å². The van der Waals surface area contributed by atoms with E-state index >= 15 is 0 Å². The molecule has 2 unspecified atom stereocenters. The summed E-state index contributed by atoms with van der Waals surface area (Å²) in [6.07, 6.45) is 33.9. The van der Waals surface area contributed by atoms with Gasteiger partial charge in [-0.1, -0.05) is 267 Å². The quantitative estimate of drug-likeness (QED) is 0.0326. The second-order valence-electron chi connectivity index (χ2n) is 20.4. The van der Waals surface area contributed by atoms with Crippen molar-refractivity contribution in [1.82, 2.24) is 0 Å². The normalized spacial score (nSPS) is 13.4. The predicted molar refractivity (Wildman–Crippen MR) is 301 cm³/mol. The van der Waals surface area contributed by atoms with Crippen LogP contribution >= 0.6 is 0 Å². The van der Waals surface area contributed by atoms with E-state index in [1.165, 1.54) is 138 Å². The molecule has 0 aliphatic heterocycles. The maximum Gasteiger partial charge on any atom is 0.317 e. The van der Waals surface area contributed by atoms with Crippen LogP contribution < -0.4 is 0 Å². The summed E-state index contributed by atoms with van der Waals surface area (Å²) in [4.78, 5) is 0. The minimum Gasteiger partial charge on any atom is -0.323 e. The van der Waals surface area contributed by atoms with Crippen LogP contribution in [-0.4, -0.2) is 13.2 Å². The molecule has 0 fully saturated rings. The highest BCUT2D eigenvalue weighted by molar-refractivity contribution is 5.40. The first-order valence-electron chi connectivity index (χ1n) is 29.6. The van der Waals surface area contributed by atoms with Gasteiger partial charge in [-0.05, 0) is 97.6 Å². The van der Waals surface area contributed by atoms with E-state index in [-0.39, 0.29) is 0 Å². The third-order valence-corrected chi connectivity index (χ3v) is 14.3. The van der Waals surface area contributed by atoms with Crippen LogP contribution in [0.25, 0.3) is 0 Å². The topological polar surface area (TPSA) is 46.2 Å². The second kappa shape index (κ2) is 37.4. The van der Waals surface area contributed by atoms with Gasteiger partial charge < -0.3 is 18.9 Å². The minimum absolute atomic E-state index is 0.291. The molecule has 4 aromatic carbocycles. The Hall–Kier alpha value is -3.32. The maximum absolute atomic E-state index is 8.14. The molecular formula is C66H102O5. The molecule has 4 aromatic rings. The van der Waals surface area contributed by atoms with E-state index in [0.29, 0.717) is 26.4 Å². The standard InChI is InChI=1S/C66H102O5/c1-7-13-19-25-37-53-67-65(69-55-57-41-29-27-30-42-57,63-51-39-47-59(45-33-21-15-9-3)61(63)49-35-23-17-11-5)71-66(68-54-38-26-20-14-8-2,70-56-58-43-31-28-32-44-58)64-52-40-48-60(46-34-22-16-10-4)62(64)50-36-24-18-12-6/h27-32,39-44,47-48,51-52H,7-26,33-38,45-46,49-50,53-56H2,1-6H3. The van der Waals surface area contributed by atoms with E-state index in [1.807, 2.05) is 0 Å². The lowest BCUT2D eigenvalue weighted by Crippen LogP contribution is -2.49. The van der Waals surface area contributed by atoms with Gasteiger partial charge in [0.15, 0.2) is 0 Å². The van der Waals surface area contributed by atoms with Crippen LogP contribution in [0.3, 0.4) is 0 Å². The molecule has 71 heavy (non-hydrogen) atoms. The Bertz CT molecular complexity index is 1760. The van der Waals surface area contributed by atoms with Crippen molar-refractivity contribution in [3.8, 4) is 0 Å². The monoisotopic (exact) mass is 975 g/mol. The van der Waals surface area contributed by atoms with E-state index in [9.17, 15) is 0 Å². The van der Waals surface area contributed by atoms with E-state index in [4.69, 9.17) is 23.7 Å². The van der Waals surface area contributed by atoms with Crippen molar-refractivity contribution in [1.29, 1.82) is 0 Å². The largest absolute Gasteiger partial charge is 0.323 e. The predicted octanol–water partition coefficient (Wildman–Crippen LogP) is 19.5. The average Bonchev–Trinajstić information content (AvgIpc) is 3.40. The molecule has 0 heterocycles. The van der Waals surface area contributed by atoms with Crippen LogP contribution in [0.15, 0.2) is 97.1 Å². The number of hydrogen-bond acceptors (Lipinski definition) is 5. The van der Waals surface area contributed by atoms with Crippen molar-refractivity contribution < 1.29 is 23.7 Å².